The number of benzene rings is 2. The summed E-state index contributed by atoms with van der Waals surface area (Å²) < 4.78 is 0. The van der Waals surface area contributed by atoms with Crippen molar-refractivity contribution in [1.29, 1.82) is 0 Å². The number of hydrogen-bond acceptors (Lipinski definition) is 8. The first-order chi connectivity index (χ1) is 14.2. The molecule has 158 valence electrons. The standard InChI is InChI=1S/C20H22N4O4S2/c1-13(2)21-11-15-9-17(23(25)26)5-7-19(15)29-30-20-8-6-18(24(27)28)10-16(20)12-22-14(3)4/h5-14H,1-4H3. The fourth-order valence-corrected chi connectivity index (χ4v) is 4.49. The summed E-state index contributed by atoms with van der Waals surface area (Å²) in [4.78, 5) is 31.7. The fraction of sp³-hybridized carbons (Fsp3) is 0.300. The lowest BCUT2D eigenvalue weighted by Crippen LogP contribution is -1.96. The van der Waals surface area contributed by atoms with E-state index in [1.165, 1.54) is 45.9 Å². The van der Waals surface area contributed by atoms with E-state index in [4.69, 9.17) is 0 Å². The third-order valence-corrected chi connectivity index (χ3v) is 6.17. The lowest BCUT2D eigenvalue weighted by atomic mass is 10.2. The van der Waals surface area contributed by atoms with Gasteiger partial charge in [0.2, 0.25) is 0 Å². The average molecular weight is 447 g/mol. The molecule has 0 N–H and O–H groups in total. The topological polar surface area (TPSA) is 111 Å². The van der Waals surface area contributed by atoms with Crippen LogP contribution in [0.25, 0.3) is 0 Å². The van der Waals surface area contributed by atoms with E-state index in [0.29, 0.717) is 11.1 Å². The SMILES string of the molecule is CC(C)N=Cc1cc([N+](=O)[O-])ccc1SSc1ccc([N+](=O)[O-])cc1C=NC(C)C. The number of non-ortho nitro benzene ring substituents is 2. The normalized spacial score (nSPS) is 11.8. The molecule has 2 aromatic carbocycles. The van der Waals surface area contributed by atoms with Gasteiger partial charge in [-0.2, -0.15) is 0 Å². The highest BCUT2D eigenvalue weighted by Gasteiger charge is 2.14. The average Bonchev–Trinajstić information content (AvgIpc) is 2.69. The largest absolute Gasteiger partial charge is 0.290 e. The Morgan fingerprint density at radius 2 is 1.13 bits per heavy atom. The highest BCUT2D eigenvalue weighted by atomic mass is 33.1. The molecule has 0 heterocycles. The molecule has 0 amide bonds. The van der Waals surface area contributed by atoms with Crippen LogP contribution in [0, 0.1) is 20.2 Å². The minimum Gasteiger partial charge on any atom is -0.290 e. The molecular weight excluding hydrogens is 424 g/mol. The molecule has 10 heteroatoms. The molecule has 2 rings (SSSR count). The summed E-state index contributed by atoms with van der Waals surface area (Å²) in [5.74, 6) is 0. The smallest absolute Gasteiger partial charge is 0.270 e. The number of nitro benzene ring substituents is 2. The maximum absolute atomic E-state index is 11.1. The number of rotatable bonds is 9. The summed E-state index contributed by atoms with van der Waals surface area (Å²) in [5, 5.41) is 22.2. The Bertz CT molecular complexity index is 911. The minimum atomic E-state index is -0.439. The summed E-state index contributed by atoms with van der Waals surface area (Å²) in [6.45, 7) is 7.69. The van der Waals surface area contributed by atoms with Gasteiger partial charge in [-0.05, 0) is 39.8 Å². The highest BCUT2D eigenvalue weighted by Crippen LogP contribution is 2.41. The molecule has 0 fully saturated rings. The number of aliphatic imine (C=N–C) groups is 2. The Kier molecular flexibility index (Phi) is 8.55. The van der Waals surface area contributed by atoms with Crippen LogP contribution in [0.5, 0.6) is 0 Å². The maximum atomic E-state index is 11.1. The van der Waals surface area contributed by atoms with Gasteiger partial charge in [0.25, 0.3) is 11.4 Å². The summed E-state index contributed by atoms with van der Waals surface area (Å²) in [6.07, 6.45) is 3.27. The summed E-state index contributed by atoms with van der Waals surface area (Å²) in [6, 6.07) is 9.37. The van der Waals surface area contributed by atoms with E-state index in [1.807, 2.05) is 27.7 Å². The van der Waals surface area contributed by atoms with Crippen LogP contribution in [-0.4, -0.2) is 34.4 Å². The van der Waals surface area contributed by atoms with E-state index in [1.54, 1.807) is 24.6 Å². The Balaban J connectivity index is 2.35. The van der Waals surface area contributed by atoms with Crippen molar-refractivity contribution in [2.45, 2.75) is 49.6 Å². The number of hydrogen-bond donors (Lipinski definition) is 0. The summed E-state index contributed by atoms with van der Waals surface area (Å²) >= 11 is 0. The van der Waals surface area contributed by atoms with Crippen LogP contribution in [-0.2, 0) is 0 Å². The Morgan fingerprint density at radius 1 is 0.767 bits per heavy atom. The van der Waals surface area contributed by atoms with Crippen LogP contribution in [0.1, 0.15) is 38.8 Å². The molecule has 0 saturated carbocycles. The molecule has 8 nitrogen and oxygen atoms in total. The van der Waals surface area contributed by atoms with Crippen molar-refractivity contribution in [3.63, 3.8) is 0 Å². The molecule has 0 aromatic heterocycles. The first-order valence-corrected chi connectivity index (χ1v) is 11.3. The van der Waals surface area contributed by atoms with E-state index in [9.17, 15) is 20.2 Å². The molecular formula is C20H22N4O4S2. The van der Waals surface area contributed by atoms with Gasteiger partial charge in [0, 0.05) is 69.7 Å². The minimum absolute atomic E-state index is 0.00496. The first-order valence-electron chi connectivity index (χ1n) is 9.15. The molecule has 30 heavy (non-hydrogen) atoms. The van der Waals surface area contributed by atoms with Crippen LogP contribution in [0.4, 0.5) is 11.4 Å². The molecule has 0 saturated heterocycles. The van der Waals surface area contributed by atoms with E-state index < -0.39 is 9.85 Å². The highest BCUT2D eigenvalue weighted by molar-refractivity contribution is 8.76. The zero-order valence-corrected chi connectivity index (χ0v) is 18.6. The van der Waals surface area contributed by atoms with Crippen molar-refractivity contribution in [3.05, 3.63) is 67.8 Å². The van der Waals surface area contributed by atoms with Gasteiger partial charge in [-0.25, -0.2) is 0 Å². The van der Waals surface area contributed by atoms with Crippen LogP contribution in [0.15, 0.2) is 56.2 Å². The van der Waals surface area contributed by atoms with Gasteiger partial charge >= 0.3 is 0 Å². The Hall–Kier alpha value is -2.72. The van der Waals surface area contributed by atoms with Crippen molar-refractivity contribution in [1.82, 2.24) is 0 Å². The van der Waals surface area contributed by atoms with Crippen LogP contribution in [0.3, 0.4) is 0 Å². The van der Waals surface area contributed by atoms with Crippen molar-refractivity contribution in [3.8, 4) is 0 Å². The van der Waals surface area contributed by atoms with Crippen molar-refractivity contribution in [2.75, 3.05) is 0 Å². The molecule has 0 aliphatic heterocycles. The summed E-state index contributed by atoms with van der Waals surface area (Å²) in [5.41, 5.74) is 1.29. The first kappa shape index (κ1) is 23.6. The van der Waals surface area contributed by atoms with E-state index >= 15 is 0 Å². The predicted octanol–water partition coefficient (Wildman–Crippen LogP) is 5.96. The number of nitro groups is 2. The van der Waals surface area contributed by atoms with Crippen LogP contribution in [0.2, 0.25) is 0 Å². The monoisotopic (exact) mass is 446 g/mol. The van der Waals surface area contributed by atoms with Gasteiger partial charge in [0.05, 0.1) is 9.85 Å². The van der Waals surface area contributed by atoms with Gasteiger partial charge < -0.3 is 0 Å². The van der Waals surface area contributed by atoms with Gasteiger partial charge in [-0.1, -0.05) is 21.6 Å². The zero-order chi connectivity index (χ0) is 22.3. The second-order valence-electron chi connectivity index (χ2n) is 6.87. The second kappa shape index (κ2) is 10.9. The van der Waals surface area contributed by atoms with Gasteiger partial charge in [0.15, 0.2) is 0 Å². The maximum Gasteiger partial charge on any atom is 0.270 e. The second-order valence-corrected chi connectivity index (χ2v) is 9.08. The molecule has 0 spiro atoms. The van der Waals surface area contributed by atoms with Gasteiger partial charge in [0.1, 0.15) is 0 Å². The quantitative estimate of drug-likeness (QED) is 0.203. The van der Waals surface area contributed by atoms with Crippen molar-refractivity contribution in [2.24, 2.45) is 9.98 Å². The third-order valence-electron chi connectivity index (χ3n) is 3.65. The van der Waals surface area contributed by atoms with E-state index in [0.717, 1.165) is 9.79 Å². The fourth-order valence-electron chi connectivity index (χ4n) is 2.20. The summed E-state index contributed by atoms with van der Waals surface area (Å²) in [7, 11) is 2.81. The Labute approximate surface area is 182 Å². The van der Waals surface area contributed by atoms with E-state index in [-0.39, 0.29) is 23.5 Å². The zero-order valence-electron chi connectivity index (χ0n) is 17.0. The molecule has 2 aromatic rings. The van der Waals surface area contributed by atoms with Crippen LogP contribution >= 0.6 is 21.6 Å². The molecule has 0 bridgehead atoms. The van der Waals surface area contributed by atoms with Crippen LogP contribution < -0.4 is 0 Å². The molecule has 0 unspecified atom stereocenters. The predicted molar refractivity (Wildman–Crippen MR) is 123 cm³/mol. The lowest BCUT2D eigenvalue weighted by Gasteiger charge is -2.08. The number of nitrogens with zero attached hydrogens (tertiary/aromatic N) is 4. The molecule has 0 aliphatic rings. The molecule has 0 atom stereocenters. The molecule has 0 aliphatic carbocycles. The van der Waals surface area contributed by atoms with Gasteiger partial charge in [-0.3, -0.25) is 30.2 Å². The Morgan fingerprint density at radius 3 is 1.43 bits per heavy atom. The van der Waals surface area contributed by atoms with Crippen molar-refractivity contribution < 1.29 is 9.85 Å². The third kappa shape index (κ3) is 6.96. The molecule has 0 radical (unpaired) electrons. The van der Waals surface area contributed by atoms with E-state index in [2.05, 4.69) is 9.98 Å². The van der Waals surface area contributed by atoms with Gasteiger partial charge in [-0.15, -0.1) is 0 Å². The lowest BCUT2D eigenvalue weighted by molar-refractivity contribution is -0.385. The van der Waals surface area contributed by atoms with Crippen molar-refractivity contribution >= 4 is 45.4 Å².